The molecule has 1 aromatic rings. The summed E-state index contributed by atoms with van der Waals surface area (Å²) >= 11 is 0. The molecule has 3 rings (SSSR count). The van der Waals surface area contributed by atoms with Gasteiger partial charge in [-0.05, 0) is 25.2 Å². The lowest BCUT2D eigenvalue weighted by molar-refractivity contribution is -0.117. The molecule has 3 unspecified atom stereocenters. The Kier molecular flexibility index (Phi) is 3.84. The molecule has 3 atom stereocenters. The number of aromatic nitrogens is 2. The quantitative estimate of drug-likeness (QED) is 0.914. The maximum Gasteiger partial charge on any atom is 0.0940 e. The number of aliphatic hydroxyl groups is 1. The first-order valence-corrected chi connectivity index (χ1v) is 7.56. The molecule has 1 spiro atoms. The van der Waals surface area contributed by atoms with Gasteiger partial charge in [-0.2, -0.15) is 5.10 Å². The van der Waals surface area contributed by atoms with Crippen molar-refractivity contribution in [3.63, 3.8) is 0 Å². The topological polar surface area (TPSA) is 56.5 Å². The van der Waals surface area contributed by atoms with Crippen molar-refractivity contribution < 1.29 is 14.6 Å². The molecule has 112 valence electrons. The standard InChI is InChI=1S/C15H24N2O3/c1-3-13-12(9-17(2)16-13)14(18)11-4-6-20-15(8-11)5-7-19-10-15/h9,11,14,18H,3-8,10H2,1-2H3. The van der Waals surface area contributed by atoms with Crippen molar-refractivity contribution in [2.45, 2.75) is 44.3 Å². The van der Waals surface area contributed by atoms with Crippen LogP contribution in [-0.4, -0.2) is 40.3 Å². The molecule has 1 aromatic heterocycles. The average Bonchev–Trinajstić information content (AvgIpc) is 3.05. The van der Waals surface area contributed by atoms with E-state index in [4.69, 9.17) is 9.47 Å². The van der Waals surface area contributed by atoms with Crippen LogP contribution in [0.5, 0.6) is 0 Å². The summed E-state index contributed by atoms with van der Waals surface area (Å²) < 4.78 is 13.2. The van der Waals surface area contributed by atoms with E-state index in [0.717, 1.165) is 43.5 Å². The molecule has 0 bridgehead atoms. The molecule has 2 saturated heterocycles. The normalized spacial score (nSPS) is 31.9. The van der Waals surface area contributed by atoms with Gasteiger partial charge in [0, 0.05) is 38.4 Å². The van der Waals surface area contributed by atoms with Crippen molar-refractivity contribution in [2.24, 2.45) is 13.0 Å². The van der Waals surface area contributed by atoms with Gasteiger partial charge in [0.1, 0.15) is 0 Å². The minimum absolute atomic E-state index is 0.154. The predicted molar refractivity (Wildman–Crippen MR) is 74.4 cm³/mol. The van der Waals surface area contributed by atoms with Crippen molar-refractivity contribution in [3.8, 4) is 0 Å². The molecule has 2 aliphatic rings. The number of aryl methyl sites for hydroxylation is 2. The molecular formula is C15H24N2O3. The van der Waals surface area contributed by atoms with Gasteiger partial charge in [0.15, 0.2) is 0 Å². The van der Waals surface area contributed by atoms with Crippen LogP contribution in [-0.2, 0) is 22.9 Å². The number of nitrogens with zero attached hydrogens (tertiary/aromatic N) is 2. The summed E-state index contributed by atoms with van der Waals surface area (Å²) in [5.74, 6) is 0.236. The fourth-order valence-electron chi connectivity index (χ4n) is 3.53. The predicted octanol–water partition coefficient (Wildman–Crippen LogP) is 1.60. The first-order chi connectivity index (χ1) is 9.63. The van der Waals surface area contributed by atoms with Gasteiger partial charge in [0.2, 0.25) is 0 Å². The highest BCUT2D eigenvalue weighted by Crippen LogP contribution is 2.41. The van der Waals surface area contributed by atoms with E-state index < -0.39 is 6.10 Å². The van der Waals surface area contributed by atoms with Crippen molar-refractivity contribution >= 4 is 0 Å². The maximum absolute atomic E-state index is 10.8. The van der Waals surface area contributed by atoms with Crippen LogP contribution in [0.15, 0.2) is 6.20 Å². The Morgan fingerprint density at radius 1 is 1.55 bits per heavy atom. The second-order valence-electron chi connectivity index (χ2n) is 6.09. The van der Waals surface area contributed by atoms with E-state index in [-0.39, 0.29) is 11.5 Å². The Morgan fingerprint density at radius 3 is 3.10 bits per heavy atom. The highest BCUT2D eigenvalue weighted by molar-refractivity contribution is 5.21. The zero-order valence-corrected chi connectivity index (χ0v) is 12.3. The molecule has 5 nitrogen and oxygen atoms in total. The number of rotatable bonds is 3. The lowest BCUT2D eigenvalue weighted by Gasteiger charge is -2.38. The zero-order chi connectivity index (χ0) is 14.2. The van der Waals surface area contributed by atoms with E-state index in [9.17, 15) is 5.11 Å². The summed E-state index contributed by atoms with van der Waals surface area (Å²) in [7, 11) is 1.91. The lowest BCUT2D eigenvalue weighted by atomic mass is 9.80. The molecule has 0 amide bonds. The van der Waals surface area contributed by atoms with Crippen molar-refractivity contribution in [3.05, 3.63) is 17.5 Å². The van der Waals surface area contributed by atoms with Gasteiger partial charge >= 0.3 is 0 Å². The molecule has 3 heterocycles. The van der Waals surface area contributed by atoms with Gasteiger partial charge in [0.25, 0.3) is 0 Å². The van der Waals surface area contributed by atoms with Gasteiger partial charge in [0.05, 0.1) is 24.0 Å². The molecule has 0 aliphatic carbocycles. The molecule has 1 N–H and O–H groups in total. The second kappa shape index (κ2) is 5.47. The fraction of sp³-hybridized carbons (Fsp3) is 0.800. The summed E-state index contributed by atoms with van der Waals surface area (Å²) in [6.07, 6.45) is 5.10. The molecule has 2 aliphatic heterocycles. The van der Waals surface area contributed by atoms with E-state index in [1.807, 2.05) is 13.2 Å². The number of hydrogen-bond acceptors (Lipinski definition) is 4. The molecule has 5 heteroatoms. The summed E-state index contributed by atoms with van der Waals surface area (Å²) in [5.41, 5.74) is 1.83. The Bertz CT molecular complexity index is 466. The monoisotopic (exact) mass is 280 g/mol. The Morgan fingerprint density at radius 2 is 2.40 bits per heavy atom. The third kappa shape index (κ3) is 2.50. The number of aliphatic hydroxyl groups excluding tert-OH is 1. The highest BCUT2D eigenvalue weighted by atomic mass is 16.6. The lowest BCUT2D eigenvalue weighted by Crippen LogP contribution is -2.41. The van der Waals surface area contributed by atoms with Gasteiger partial charge in [-0.15, -0.1) is 0 Å². The van der Waals surface area contributed by atoms with Crippen molar-refractivity contribution in [1.29, 1.82) is 0 Å². The second-order valence-corrected chi connectivity index (χ2v) is 6.09. The zero-order valence-electron chi connectivity index (χ0n) is 12.3. The van der Waals surface area contributed by atoms with Gasteiger partial charge in [-0.25, -0.2) is 0 Å². The van der Waals surface area contributed by atoms with Crippen LogP contribution in [0, 0.1) is 5.92 Å². The fourth-order valence-corrected chi connectivity index (χ4v) is 3.53. The molecule has 2 fully saturated rings. The summed E-state index contributed by atoms with van der Waals surface area (Å²) in [6.45, 7) is 4.24. The third-order valence-corrected chi connectivity index (χ3v) is 4.64. The summed E-state index contributed by atoms with van der Waals surface area (Å²) in [4.78, 5) is 0. The number of ether oxygens (including phenoxy) is 2. The minimum Gasteiger partial charge on any atom is -0.388 e. The smallest absolute Gasteiger partial charge is 0.0940 e. The van der Waals surface area contributed by atoms with Crippen LogP contribution in [0.25, 0.3) is 0 Å². The van der Waals surface area contributed by atoms with Gasteiger partial charge < -0.3 is 14.6 Å². The van der Waals surface area contributed by atoms with Crippen LogP contribution in [0.2, 0.25) is 0 Å². The van der Waals surface area contributed by atoms with E-state index in [1.54, 1.807) is 4.68 Å². The summed E-state index contributed by atoms with van der Waals surface area (Å²) in [5, 5.41) is 15.2. The average molecular weight is 280 g/mol. The third-order valence-electron chi connectivity index (χ3n) is 4.64. The maximum atomic E-state index is 10.8. The first kappa shape index (κ1) is 14.0. The van der Waals surface area contributed by atoms with E-state index in [0.29, 0.717) is 13.2 Å². The van der Waals surface area contributed by atoms with Crippen LogP contribution in [0.1, 0.15) is 43.5 Å². The Hall–Kier alpha value is -0.910. The highest BCUT2D eigenvalue weighted by Gasteiger charge is 2.43. The molecular weight excluding hydrogens is 256 g/mol. The largest absolute Gasteiger partial charge is 0.388 e. The van der Waals surface area contributed by atoms with E-state index >= 15 is 0 Å². The molecule has 20 heavy (non-hydrogen) atoms. The SMILES string of the molecule is CCc1nn(C)cc1C(O)C1CCOC2(CCOC2)C1. The van der Waals surface area contributed by atoms with Gasteiger partial charge in [-0.1, -0.05) is 6.92 Å². The summed E-state index contributed by atoms with van der Waals surface area (Å²) in [6, 6.07) is 0. The number of hydrogen-bond donors (Lipinski definition) is 1. The van der Waals surface area contributed by atoms with E-state index in [2.05, 4.69) is 12.0 Å². The van der Waals surface area contributed by atoms with Crippen LogP contribution in [0.4, 0.5) is 0 Å². The minimum atomic E-state index is -0.444. The Balaban J connectivity index is 1.77. The Labute approximate surface area is 119 Å². The molecule has 0 saturated carbocycles. The van der Waals surface area contributed by atoms with Crippen LogP contribution in [0.3, 0.4) is 0 Å². The molecule has 0 radical (unpaired) electrons. The van der Waals surface area contributed by atoms with Gasteiger partial charge in [-0.3, -0.25) is 4.68 Å². The molecule has 0 aromatic carbocycles. The van der Waals surface area contributed by atoms with Crippen molar-refractivity contribution in [2.75, 3.05) is 19.8 Å². The van der Waals surface area contributed by atoms with Crippen LogP contribution >= 0.6 is 0 Å². The van der Waals surface area contributed by atoms with Crippen LogP contribution < -0.4 is 0 Å². The first-order valence-electron chi connectivity index (χ1n) is 7.56. The van der Waals surface area contributed by atoms with Crippen molar-refractivity contribution in [1.82, 2.24) is 9.78 Å². The van der Waals surface area contributed by atoms with E-state index in [1.165, 1.54) is 0 Å².